The van der Waals surface area contributed by atoms with Crippen LogP contribution >= 0.6 is 0 Å². The number of imidazole rings is 1. The van der Waals surface area contributed by atoms with Crippen LogP contribution in [0.3, 0.4) is 0 Å². The van der Waals surface area contributed by atoms with E-state index in [-0.39, 0.29) is 5.76 Å². The van der Waals surface area contributed by atoms with Gasteiger partial charge in [-0.05, 0) is 25.1 Å². The summed E-state index contributed by atoms with van der Waals surface area (Å²) in [6.45, 7) is 2.31. The molecule has 19 heavy (non-hydrogen) atoms. The average molecular weight is 258 g/mol. The molecule has 6 nitrogen and oxygen atoms in total. The van der Waals surface area contributed by atoms with E-state index in [2.05, 4.69) is 9.97 Å². The zero-order valence-electron chi connectivity index (χ0n) is 10.7. The summed E-state index contributed by atoms with van der Waals surface area (Å²) < 4.78 is 6.58. The number of hydrogen-bond acceptors (Lipinski definition) is 4. The second-order valence-corrected chi connectivity index (χ2v) is 4.47. The van der Waals surface area contributed by atoms with Crippen molar-refractivity contribution in [3.05, 3.63) is 40.3 Å². The fourth-order valence-electron chi connectivity index (χ4n) is 2.17. The highest BCUT2D eigenvalue weighted by molar-refractivity contribution is 5.80. The van der Waals surface area contributed by atoms with Crippen molar-refractivity contribution in [1.82, 2.24) is 14.5 Å². The van der Waals surface area contributed by atoms with Gasteiger partial charge in [0.15, 0.2) is 5.58 Å². The van der Waals surface area contributed by atoms with Crippen molar-refractivity contribution in [2.24, 2.45) is 12.8 Å². The van der Waals surface area contributed by atoms with Crippen LogP contribution in [0.2, 0.25) is 0 Å². The fraction of sp³-hybridized carbons (Fsp3) is 0.231. The predicted octanol–water partition coefficient (Wildman–Crippen LogP) is 1.29. The van der Waals surface area contributed by atoms with Gasteiger partial charge < -0.3 is 15.1 Å². The summed E-state index contributed by atoms with van der Waals surface area (Å²) in [5, 5.41) is 0. The van der Waals surface area contributed by atoms with Gasteiger partial charge in [0.1, 0.15) is 5.82 Å². The number of nitrogens with two attached hydrogens (primary N) is 1. The molecule has 0 spiro atoms. The summed E-state index contributed by atoms with van der Waals surface area (Å²) in [4.78, 5) is 19.0. The lowest BCUT2D eigenvalue weighted by atomic mass is 10.1. The Morgan fingerprint density at radius 3 is 2.95 bits per heavy atom. The van der Waals surface area contributed by atoms with Gasteiger partial charge >= 0.3 is 5.76 Å². The lowest BCUT2D eigenvalue weighted by Crippen LogP contribution is -2.08. The molecule has 2 aromatic heterocycles. The first-order valence-electron chi connectivity index (χ1n) is 5.95. The minimum atomic E-state index is -0.367. The molecule has 0 radical (unpaired) electrons. The van der Waals surface area contributed by atoms with E-state index in [1.165, 1.54) is 4.57 Å². The average Bonchev–Trinajstić information content (AvgIpc) is 2.91. The predicted molar refractivity (Wildman–Crippen MR) is 71.7 cm³/mol. The number of fused-ring (bicyclic) bond motifs is 1. The first-order valence-corrected chi connectivity index (χ1v) is 5.95. The number of aryl methyl sites for hydroxylation is 2. The molecule has 0 unspecified atom stereocenters. The van der Waals surface area contributed by atoms with Crippen LogP contribution in [0, 0.1) is 6.92 Å². The zero-order chi connectivity index (χ0) is 13.6. The number of benzene rings is 1. The Hall–Kier alpha value is -2.34. The van der Waals surface area contributed by atoms with Crippen molar-refractivity contribution >= 4 is 11.1 Å². The minimum Gasteiger partial charge on any atom is -0.408 e. The van der Waals surface area contributed by atoms with Crippen molar-refractivity contribution in [3.8, 4) is 11.3 Å². The van der Waals surface area contributed by atoms with Gasteiger partial charge in [0.05, 0.1) is 17.8 Å². The van der Waals surface area contributed by atoms with E-state index in [1.54, 1.807) is 13.1 Å². The third-order valence-corrected chi connectivity index (χ3v) is 3.19. The maximum absolute atomic E-state index is 11.5. The van der Waals surface area contributed by atoms with Crippen LogP contribution in [0.15, 0.2) is 27.4 Å². The molecule has 2 heterocycles. The van der Waals surface area contributed by atoms with E-state index < -0.39 is 0 Å². The molecule has 1 aromatic carbocycles. The van der Waals surface area contributed by atoms with Crippen LogP contribution < -0.4 is 11.5 Å². The molecule has 3 N–H and O–H groups in total. The van der Waals surface area contributed by atoms with E-state index in [4.69, 9.17) is 10.2 Å². The largest absolute Gasteiger partial charge is 0.419 e. The van der Waals surface area contributed by atoms with E-state index >= 15 is 0 Å². The Labute approximate surface area is 108 Å². The standard InChI is InChI=1S/C13H14N4O2/c1-7-12(16-11(6-14)15-7)8-3-4-10-9(5-8)17(2)13(18)19-10/h3-5H,6,14H2,1-2H3,(H,15,16). The molecule has 3 aromatic rings. The van der Waals surface area contributed by atoms with Gasteiger partial charge in [0, 0.05) is 18.3 Å². The summed E-state index contributed by atoms with van der Waals surface area (Å²) in [6, 6.07) is 5.56. The second kappa shape index (κ2) is 4.10. The number of aromatic nitrogens is 3. The van der Waals surface area contributed by atoms with Crippen LogP contribution in [0.4, 0.5) is 0 Å². The summed E-state index contributed by atoms with van der Waals surface area (Å²) in [5.74, 6) is 0.377. The van der Waals surface area contributed by atoms with E-state index in [1.807, 2.05) is 19.1 Å². The molecule has 0 aliphatic carbocycles. The topological polar surface area (TPSA) is 89.8 Å². The van der Waals surface area contributed by atoms with E-state index in [0.29, 0.717) is 12.1 Å². The zero-order valence-corrected chi connectivity index (χ0v) is 10.7. The van der Waals surface area contributed by atoms with Crippen LogP contribution in [-0.4, -0.2) is 14.5 Å². The molecular weight excluding hydrogens is 244 g/mol. The highest BCUT2D eigenvalue weighted by Crippen LogP contribution is 2.24. The first-order chi connectivity index (χ1) is 9.10. The molecule has 0 saturated carbocycles. The molecule has 0 aliphatic rings. The molecule has 98 valence electrons. The number of nitrogens with one attached hydrogen (secondary N) is 1. The highest BCUT2D eigenvalue weighted by Gasteiger charge is 2.11. The number of aromatic amines is 1. The number of oxazole rings is 1. The molecule has 0 bridgehead atoms. The van der Waals surface area contributed by atoms with Crippen LogP contribution in [0.25, 0.3) is 22.4 Å². The quantitative estimate of drug-likeness (QED) is 0.724. The van der Waals surface area contributed by atoms with Gasteiger partial charge in [-0.1, -0.05) is 0 Å². The van der Waals surface area contributed by atoms with Crippen LogP contribution in [0.5, 0.6) is 0 Å². The third kappa shape index (κ3) is 1.77. The third-order valence-electron chi connectivity index (χ3n) is 3.19. The monoisotopic (exact) mass is 258 g/mol. The Kier molecular flexibility index (Phi) is 2.53. The molecule has 0 atom stereocenters. The molecule has 0 saturated heterocycles. The first kappa shape index (κ1) is 11.7. The van der Waals surface area contributed by atoms with Gasteiger partial charge in [0.25, 0.3) is 0 Å². The second-order valence-electron chi connectivity index (χ2n) is 4.47. The Morgan fingerprint density at radius 1 is 1.47 bits per heavy atom. The van der Waals surface area contributed by atoms with E-state index in [0.717, 1.165) is 28.3 Å². The Bertz CT molecular complexity index is 810. The van der Waals surface area contributed by atoms with E-state index in [9.17, 15) is 4.79 Å². The van der Waals surface area contributed by atoms with Crippen molar-refractivity contribution in [3.63, 3.8) is 0 Å². The number of rotatable bonds is 2. The number of hydrogen-bond donors (Lipinski definition) is 2. The van der Waals surface area contributed by atoms with Crippen molar-refractivity contribution in [1.29, 1.82) is 0 Å². The highest BCUT2D eigenvalue weighted by atomic mass is 16.4. The van der Waals surface area contributed by atoms with Gasteiger partial charge in [-0.25, -0.2) is 9.78 Å². The summed E-state index contributed by atoms with van der Waals surface area (Å²) in [7, 11) is 1.68. The Balaban J connectivity index is 2.22. The SMILES string of the molecule is Cc1[nH]c(CN)nc1-c1ccc2oc(=O)n(C)c2c1. The normalized spacial score (nSPS) is 11.3. The molecule has 3 rings (SSSR count). The molecule has 0 amide bonds. The van der Waals surface area contributed by atoms with Gasteiger partial charge in [-0.3, -0.25) is 4.57 Å². The van der Waals surface area contributed by atoms with Crippen LogP contribution in [0.1, 0.15) is 11.5 Å². The number of H-pyrrole nitrogens is 1. The lowest BCUT2D eigenvalue weighted by molar-refractivity contribution is 0.528. The lowest BCUT2D eigenvalue weighted by Gasteiger charge is -1.99. The summed E-state index contributed by atoms with van der Waals surface area (Å²) in [5.41, 5.74) is 9.62. The summed E-state index contributed by atoms with van der Waals surface area (Å²) >= 11 is 0. The van der Waals surface area contributed by atoms with Gasteiger partial charge in [0.2, 0.25) is 0 Å². The fourth-order valence-corrected chi connectivity index (χ4v) is 2.17. The van der Waals surface area contributed by atoms with Crippen molar-refractivity contribution in [2.75, 3.05) is 0 Å². The molecule has 6 heteroatoms. The molecule has 0 aliphatic heterocycles. The molecule has 0 fully saturated rings. The van der Waals surface area contributed by atoms with Gasteiger partial charge in [-0.2, -0.15) is 0 Å². The van der Waals surface area contributed by atoms with Crippen molar-refractivity contribution in [2.45, 2.75) is 13.5 Å². The van der Waals surface area contributed by atoms with Gasteiger partial charge in [-0.15, -0.1) is 0 Å². The maximum atomic E-state index is 11.5. The smallest absolute Gasteiger partial charge is 0.408 e. The maximum Gasteiger partial charge on any atom is 0.419 e. The minimum absolute atomic E-state index is 0.367. The van der Waals surface area contributed by atoms with Crippen LogP contribution in [-0.2, 0) is 13.6 Å². The van der Waals surface area contributed by atoms with Crippen molar-refractivity contribution < 1.29 is 4.42 Å². The molecular formula is C13H14N4O2. The summed E-state index contributed by atoms with van der Waals surface area (Å²) in [6.07, 6.45) is 0. The number of nitrogens with zero attached hydrogens (tertiary/aromatic N) is 2. The Morgan fingerprint density at radius 2 is 2.26 bits per heavy atom.